The zero-order chi connectivity index (χ0) is 15.5. The number of benzene rings is 2. The number of hydrogen-bond acceptors (Lipinski definition) is 2. The standard InChI is InChI=1S/C17H18BrNO2/c1-12-10-14(18)8-9-15(12)16(20)19-11-17(2,21)13-6-4-3-5-7-13/h3-10,21H,11H2,1-2H3,(H,19,20). The molecule has 2 N–H and O–H groups in total. The van der Waals surface area contributed by atoms with Crippen LogP contribution in [-0.2, 0) is 5.60 Å². The van der Waals surface area contributed by atoms with Crippen LogP contribution in [0.4, 0.5) is 0 Å². The van der Waals surface area contributed by atoms with Crippen molar-refractivity contribution < 1.29 is 9.90 Å². The highest BCUT2D eigenvalue weighted by molar-refractivity contribution is 9.10. The molecule has 0 bridgehead atoms. The summed E-state index contributed by atoms with van der Waals surface area (Å²) in [5.74, 6) is -0.184. The average Bonchev–Trinajstić information content (AvgIpc) is 2.46. The van der Waals surface area contributed by atoms with Gasteiger partial charge in [0.25, 0.3) is 5.91 Å². The van der Waals surface area contributed by atoms with Gasteiger partial charge in [-0.05, 0) is 43.2 Å². The summed E-state index contributed by atoms with van der Waals surface area (Å²) in [6.07, 6.45) is 0. The number of halogens is 1. The van der Waals surface area contributed by atoms with Crippen LogP contribution in [0.25, 0.3) is 0 Å². The van der Waals surface area contributed by atoms with Gasteiger partial charge in [0.1, 0.15) is 5.60 Å². The molecule has 21 heavy (non-hydrogen) atoms. The van der Waals surface area contributed by atoms with Gasteiger partial charge in [-0.25, -0.2) is 0 Å². The molecule has 0 aliphatic carbocycles. The van der Waals surface area contributed by atoms with Crippen molar-refractivity contribution in [1.82, 2.24) is 5.32 Å². The minimum absolute atomic E-state index is 0.158. The molecule has 1 atom stereocenters. The minimum Gasteiger partial charge on any atom is -0.384 e. The van der Waals surface area contributed by atoms with E-state index in [1.54, 1.807) is 13.0 Å². The smallest absolute Gasteiger partial charge is 0.251 e. The molecule has 0 saturated carbocycles. The fourth-order valence-corrected chi connectivity index (χ4v) is 2.60. The van der Waals surface area contributed by atoms with E-state index in [1.807, 2.05) is 49.4 Å². The number of hydrogen-bond donors (Lipinski definition) is 2. The van der Waals surface area contributed by atoms with Gasteiger partial charge in [0.2, 0.25) is 0 Å². The SMILES string of the molecule is Cc1cc(Br)ccc1C(=O)NCC(C)(O)c1ccccc1. The van der Waals surface area contributed by atoms with Crippen molar-refractivity contribution in [3.8, 4) is 0 Å². The quantitative estimate of drug-likeness (QED) is 0.890. The van der Waals surface area contributed by atoms with Crippen molar-refractivity contribution >= 4 is 21.8 Å². The molecule has 0 spiro atoms. The van der Waals surface area contributed by atoms with Gasteiger partial charge in [-0.2, -0.15) is 0 Å². The molecule has 1 amide bonds. The predicted octanol–water partition coefficient (Wildman–Crippen LogP) is 3.40. The maximum Gasteiger partial charge on any atom is 0.251 e. The van der Waals surface area contributed by atoms with Gasteiger partial charge in [-0.1, -0.05) is 46.3 Å². The number of amides is 1. The Morgan fingerprint density at radius 3 is 2.52 bits per heavy atom. The summed E-state index contributed by atoms with van der Waals surface area (Å²) in [5, 5.41) is 13.3. The van der Waals surface area contributed by atoms with Crippen LogP contribution in [-0.4, -0.2) is 17.6 Å². The predicted molar refractivity (Wildman–Crippen MR) is 87.2 cm³/mol. The lowest BCUT2D eigenvalue weighted by Crippen LogP contribution is -2.38. The molecule has 0 aliphatic heterocycles. The number of carbonyl (C=O) groups is 1. The Balaban J connectivity index is 2.07. The lowest BCUT2D eigenvalue weighted by atomic mass is 9.96. The van der Waals surface area contributed by atoms with Gasteiger partial charge >= 0.3 is 0 Å². The molecule has 110 valence electrons. The summed E-state index contributed by atoms with van der Waals surface area (Å²) in [4.78, 5) is 12.2. The van der Waals surface area contributed by atoms with Crippen LogP contribution < -0.4 is 5.32 Å². The first-order chi connectivity index (χ1) is 9.90. The maximum atomic E-state index is 12.2. The molecule has 0 radical (unpaired) electrons. The number of aliphatic hydroxyl groups is 1. The third-order valence-electron chi connectivity index (χ3n) is 3.42. The van der Waals surface area contributed by atoms with Crippen molar-refractivity contribution in [2.45, 2.75) is 19.4 Å². The first-order valence-corrected chi connectivity index (χ1v) is 7.52. The molecule has 3 nitrogen and oxygen atoms in total. The van der Waals surface area contributed by atoms with Crippen LogP contribution in [0.5, 0.6) is 0 Å². The van der Waals surface area contributed by atoms with Crippen LogP contribution in [0.3, 0.4) is 0 Å². The fourth-order valence-electron chi connectivity index (χ4n) is 2.13. The summed E-state index contributed by atoms with van der Waals surface area (Å²) in [7, 11) is 0. The number of rotatable bonds is 4. The van der Waals surface area contributed by atoms with E-state index in [1.165, 1.54) is 0 Å². The summed E-state index contributed by atoms with van der Waals surface area (Å²) in [6, 6.07) is 14.8. The lowest BCUT2D eigenvalue weighted by molar-refractivity contribution is 0.0526. The van der Waals surface area contributed by atoms with Crippen LogP contribution >= 0.6 is 15.9 Å². The third kappa shape index (κ3) is 3.93. The van der Waals surface area contributed by atoms with Crippen LogP contribution in [0.2, 0.25) is 0 Å². The molecule has 0 fully saturated rings. The van der Waals surface area contributed by atoms with E-state index in [9.17, 15) is 9.90 Å². The molecular formula is C17H18BrNO2. The molecule has 2 rings (SSSR count). The van der Waals surface area contributed by atoms with Crippen LogP contribution in [0, 0.1) is 6.92 Å². The van der Waals surface area contributed by atoms with Gasteiger partial charge in [0, 0.05) is 10.0 Å². The third-order valence-corrected chi connectivity index (χ3v) is 3.92. The largest absolute Gasteiger partial charge is 0.384 e. The van der Waals surface area contributed by atoms with Gasteiger partial charge < -0.3 is 10.4 Å². The highest BCUT2D eigenvalue weighted by Gasteiger charge is 2.24. The Kier molecular flexibility index (Phi) is 4.80. The van der Waals surface area contributed by atoms with E-state index in [-0.39, 0.29) is 12.5 Å². The molecular weight excluding hydrogens is 330 g/mol. The van der Waals surface area contributed by atoms with Crippen LogP contribution in [0.15, 0.2) is 53.0 Å². The van der Waals surface area contributed by atoms with Gasteiger partial charge in [-0.3, -0.25) is 4.79 Å². The molecule has 2 aromatic carbocycles. The zero-order valence-electron chi connectivity index (χ0n) is 12.1. The molecule has 0 aliphatic rings. The Morgan fingerprint density at radius 1 is 1.24 bits per heavy atom. The summed E-state index contributed by atoms with van der Waals surface area (Å²) < 4.78 is 0.938. The van der Waals surface area contributed by atoms with Gasteiger partial charge in [0.15, 0.2) is 0 Å². The van der Waals surface area contributed by atoms with Crippen LogP contribution in [0.1, 0.15) is 28.4 Å². The van der Waals surface area contributed by atoms with E-state index in [0.29, 0.717) is 5.56 Å². The Morgan fingerprint density at radius 2 is 1.90 bits per heavy atom. The molecule has 4 heteroatoms. The molecule has 1 unspecified atom stereocenters. The topological polar surface area (TPSA) is 49.3 Å². The number of carbonyl (C=O) groups excluding carboxylic acids is 1. The normalized spacial score (nSPS) is 13.5. The van der Waals surface area contributed by atoms with E-state index in [4.69, 9.17) is 0 Å². The molecule has 2 aromatic rings. The van der Waals surface area contributed by atoms with E-state index < -0.39 is 5.60 Å². The maximum absolute atomic E-state index is 12.2. The Bertz CT molecular complexity index is 638. The molecule has 0 aromatic heterocycles. The van der Waals surface area contributed by atoms with E-state index in [2.05, 4.69) is 21.2 Å². The number of aryl methyl sites for hydroxylation is 1. The summed E-state index contributed by atoms with van der Waals surface area (Å²) >= 11 is 3.38. The fraction of sp³-hybridized carbons (Fsp3) is 0.235. The van der Waals surface area contributed by atoms with Crippen molar-refractivity contribution in [3.05, 3.63) is 69.7 Å². The van der Waals surface area contributed by atoms with E-state index >= 15 is 0 Å². The zero-order valence-corrected chi connectivity index (χ0v) is 13.6. The van der Waals surface area contributed by atoms with Crippen molar-refractivity contribution in [2.75, 3.05) is 6.54 Å². The average molecular weight is 348 g/mol. The van der Waals surface area contributed by atoms with Crippen molar-refractivity contribution in [1.29, 1.82) is 0 Å². The monoisotopic (exact) mass is 347 g/mol. The number of nitrogens with one attached hydrogen (secondary N) is 1. The second-order valence-electron chi connectivity index (χ2n) is 5.28. The first-order valence-electron chi connectivity index (χ1n) is 6.72. The highest BCUT2D eigenvalue weighted by atomic mass is 79.9. The van der Waals surface area contributed by atoms with Crippen molar-refractivity contribution in [2.24, 2.45) is 0 Å². The Labute approximate surface area is 133 Å². The van der Waals surface area contributed by atoms with Gasteiger partial charge in [-0.15, -0.1) is 0 Å². The second-order valence-corrected chi connectivity index (χ2v) is 6.20. The Hall–Kier alpha value is -1.65. The first kappa shape index (κ1) is 15.7. The molecule has 0 saturated heterocycles. The lowest BCUT2D eigenvalue weighted by Gasteiger charge is -2.24. The molecule has 0 heterocycles. The minimum atomic E-state index is -1.10. The highest BCUT2D eigenvalue weighted by Crippen LogP contribution is 2.20. The summed E-state index contributed by atoms with van der Waals surface area (Å²) in [6.45, 7) is 3.73. The van der Waals surface area contributed by atoms with E-state index in [0.717, 1.165) is 15.6 Å². The van der Waals surface area contributed by atoms with Gasteiger partial charge in [0.05, 0.1) is 6.54 Å². The van der Waals surface area contributed by atoms with Crippen molar-refractivity contribution in [3.63, 3.8) is 0 Å². The summed E-state index contributed by atoms with van der Waals surface area (Å²) in [5.41, 5.74) is 1.18. The second kappa shape index (κ2) is 6.41.